The Morgan fingerprint density at radius 3 is 2.56 bits per heavy atom. The van der Waals surface area contributed by atoms with Gasteiger partial charge in [-0.15, -0.1) is 0 Å². The summed E-state index contributed by atoms with van der Waals surface area (Å²) in [4.78, 5) is 0. The van der Waals surface area contributed by atoms with E-state index in [0.717, 1.165) is 25.7 Å². The van der Waals surface area contributed by atoms with Crippen LogP contribution in [0, 0.1) is 5.41 Å². The third-order valence-electron chi connectivity index (χ3n) is 6.01. The van der Waals surface area contributed by atoms with Gasteiger partial charge in [0.15, 0.2) is 0 Å². The molecule has 1 aromatic rings. The normalized spacial score (nSPS) is 19.0. The summed E-state index contributed by atoms with van der Waals surface area (Å²) in [6, 6.07) is 8.76. The van der Waals surface area contributed by atoms with Crippen LogP contribution in [0.2, 0.25) is 0 Å². The van der Waals surface area contributed by atoms with E-state index in [1.54, 1.807) is 5.57 Å². The van der Waals surface area contributed by atoms with Crippen LogP contribution >= 0.6 is 0 Å². The topological polar surface area (TPSA) is 0 Å². The first kappa shape index (κ1) is 18.0. The Kier molecular flexibility index (Phi) is 4.46. The first-order valence-corrected chi connectivity index (χ1v) is 10.1. The van der Waals surface area contributed by atoms with Crippen molar-refractivity contribution in [3.63, 3.8) is 0 Å². The molecule has 0 atom stereocenters. The molecule has 0 saturated heterocycles. The van der Waals surface area contributed by atoms with Crippen molar-refractivity contribution in [1.82, 2.24) is 0 Å². The molecule has 0 unspecified atom stereocenters. The largest absolute Gasteiger partial charge is 0.0949 e. The maximum Gasteiger partial charge on any atom is -0.00137 e. The van der Waals surface area contributed by atoms with Gasteiger partial charge in [0.25, 0.3) is 0 Å². The molecule has 0 N–H and O–H groups in total. The first-order valence-electron chi connectivity index (χ1n) is 10.1. The molecule has 0 saturated carbocycles. The maximum atomic E-state index is 4.51. The van der Waals surface area contributed by atoms with Gasteiger partial charge >= 0.3 is 0 Å². The molecule has 0 spiro atoms. The molecule has 3 aliphatic rings. The molecule has 27 heavy (non-hydrogen) atoms. The monoisotopic (exact) mass is 354 g/mol. The van der Waals surface area contributed by atoms with E-state index >= 15 is 0 Å². The minimum Gasteiger partial charge on any atom is -0.0949 e. The van der Waals surface area contributed by atoms with Gasteiger partial charge in [0.1, 0.15) is 0 Å². The fourth-order valence-corrected chi connectivity index (χ4v) is 4.59. The van der Waals surface area contributed by atoms with E-state index in [9.17, 15) is 0 Å². The van der Waals surface area contributed by atoms with E-state index < -0.39 is 0 Å². The van der Waals surface area contributed by atoms with Crippen molar-refractivity contribution in [1.29, 1.82) is 0 Å². The summed E-state index contributed by atoms with van der Waals surface area (Å²) in [5.41, 5.74) is 13.1. The summed E-state index contributed by atoms with van der Waals surface area (Å²) in [6.45, 7) is 13.7. The maximum absolute atomic E-state index is 4.51. The molecule has 0 aliphatic heterocycles. The summed E-state index contributed by atoms with van der Waals surface area (Å²) < 4.78 is 0. The summed E-state index contributed by atoms with van der Waals surface area (Å²) in [7, 11) is 0. The fraction of sp³-hybridized carbons (Fsp3) is 0.333. The Bertz CT molecular complexity index is 962. The van der Waals surface area contributed by atoms with Crippen molar-refractivity contribution in [2.75, 3.05) is 0 Å². The van der Waals surface area contributed by atoms with Crippen LogP contribution in [-0.2, 0) is 6.42 Å². The standard InChI is InChI=1S/C27H30/c1-18-13-25(26(14-18)27(3,4)5)19(2)15-22-11-8-12-24(22)23-16-20-9-6-7-10-21(20)17-23/h6-7,9-13,16H,2,8,14-15,17H2,1,3-5H3. The van der Waals surface area contributed by atoms with Gasteiger partial charge in [-0.25, -0.2) is 0 Å². The van der Waals surface area contributed by atoms with E-state index in [0.29, 0.717) is 0 Å². The molecule has 0 heterocycles. The molecule has 0 heteroatoms. The lowest BCUT2D eigenvalue weighted by molar-refractivity contribution is 0.491. The summed E-state index contributed by atoms with van der Waals surface area (Å²) >= 11 is 0. The zero-order valence-corrected chi connectivity index (χ0v) is 17.2. The van der Waals surface area contributed by atoms with Gasteiger partial charge in [-0.1, -0.05) is 87.1 Å². The van der Waals surface area contributed by atoms with Crippen molar-refractivity contribution in [3.8, 4) is 0 Å². The van der Waals surface area contributed by atoms with Gasteiger partial charge < -0.3 is 0 Å². The molecule has 1 aromatic carbocycles. The zero-order valence-electron chi connectivity index (χ0n) is 17.2. The molecule has 138 valence electrons. The molecular formula is C27H30. The number of hydrogen-bond donors (Lipinski definition) is 0. The second-order valence-corrected chi connectivity index (χ2v) is 9.22. The van der Waals surface area contributed by atoms with Crippen molar-refractivity contribution >= 4 is 6.08 Å². The SMILES string of the molecule is C=C(CC1=CCC=C1C1=Cc2ccccc2C1)C1=C(C(C)(C)C)CC(C)=C1. The number of benzene rings is 1. The number of rotatable bonds is 4. The molecule has 0 aromatic heterocycles. The van der Waals surface area contributed by atoms with Crippen molar-refractivity contribution < 1.29 is 0 Å². The predicted molar refractivity (Wildman–Crippen MR) is 118 cm³/mol. The Balaban J connectivity index is 1.55. The van der Waals surface area contributed by atoms with E-state index in [2.05, 4.69) is 82.8 Å². The first-order chi connectivity index (χ1) is 12.8. The van der Waals surface area contributed by atoms with E-state index in [1.165, 1.54) is 44.6 Å². The highest BCUT2D eigenvalue weighted by atomic mass is 14.3. The van der Waals surface area contributed by atoms with E-state index in [1.807, 2.05) is 0 Å². The molecule has 0 radical (unpaired) electrons. The minimum atomic E-state index is 0.199. The van der Waals surface area contributed by atoms with Gasteiger partial charge in [-0.05, 0) is 77.0 Å². The second kappa shape index (κ2) is 6.68. The quantitative estimate of drug-likeness (QED) is 0.524. The Labute approximate surface area is 164 Å². The third kappa shape index (κ3) is 3.46. The van der Waals surface area contributed by atoms with E-state index in [-0.39, 0.29) is 5.41 Å². The lowest BCUT2D eigenvalue weighted by atomic mass is 9.81. The van der Waals surface area contributed by atoms with Crippen molar-refractivity contribution in [2.45, 2.75) is 53.4 Å². The summed E-state index contributed by atoms with van der Waals surface area (Å²) in [5.74, 6) is 0. The van der Waals surface area contributed by atoms with Crippen molar-refractivity contribution in [2.24, 2.45) is 5.41 Å². The molecule has 4 rings (SSSR count). The van der Waals surface area contributed by atoms with E-state index in [4.69, 9.17) is 0 Å². The van der Waals surface area contributed by atoms with Crippen LogP contribution in [0.3, 0.4) is 0 Å². The highest BCUT2D eigenvalue weighted by Gasteiger charge is 2.27. The molecule has 0 bridgehead atoms. The fourth-order valence-electron chi connectivity index (χ4n) is 4.59. The molecule has 0 nitrogen and oxygen atoms in total. The van der Waals surface area contributed by atoms with Crippen molar-refractivity contribution in [3.05, 3.63) is 99.2 Å². The van der Waals surface area contributed by atoms with Crippen LogP contribution < -0.4 is 0 Å². The predicted octanol–water partition coefficient (Wildman–Crippen LogP) is 7.52. The summed E-state index contributed by atoms with van der Waals surface area (Å²) in [6.07, 6.45) is 13.7. The number of fused-ring (bicyclic) bond motifs is 1. The zero-order chi connectivity index (χ0) is 19.2. The molecule has 0 amide bonds. The van der Waals surface area contributed by atoms with Crippen LogP contribution in [-0.4, -0.2) is 0 Å². The van der Waals surface area contributed by atoms with Crippen LogP contribution in [0.15, 0.2) is 88.1 Å². The lowest BCUT2D eigenvalue weighted by Gasteiger charge is -2.24. The Hall–Kier alpha value is -2.34. The Morgan fingerprint density at radius 1 is 1.04 bits per heavy atom. The highest BCUT2D eigenvalue weighted by Crippen LogP contribution is 2.43. The second-order valence-electron chi connectivity index (χ2n) is 9.22. The molecule has 0 fully saturated rings. The van der Waals surface area contributed by atoms with Gasteiger partial charge in [-0.2, -0.15) is 0 Å². The highest BCUT2D eigenvalue weighted by molar-refractivity contribution is 5.72. The third-order valence-corrected chi connectivity index (χ3v) is 6.01. The number of allylic oxidation sites excluding steroid dienone is 10. The smallest absolute Gasteiger partial charge is 0.00137 e. The average molecular weight is 355 g/mol. The number of hydrogen-bond acceptors (Lipinski definition) is 0. The van der Waals surface area contributed by atoms with Gasteiger partial charge in [-0.3, -0.25) is 0 Å². The van der Waals surface area contributed by atoms with Crippen LogP contribution in [0.25, 0.3) is 6.08 Å². The lowest BCUT2D eigenvalue weighted by Crippen LogP contribution is -2.10. The Morgan fingerprint density at radius 2 is 1.81 bits per heavy atom. The molecular weight excluding hydrogens is 324 g/mol. The average Bonchev–Trinajstić information content (AvgIpc) is 3.30. The van der Waals surface area contributed by atoms with Crippen LogP contribution in [0.5, 0.6) is 0 Å². The minimum absolute atomic E-state index is 0.199. The van der Waals surface area contributed by atoms with Crippen LogP contribution in [0.1, 0.15) is 58.1 Å². The molecule has 3 aliphatic carbocycles. The van der Waals surface area contributed by atoms with Gasteiger partial charge in [0.05, 0.1) is 0 Å². The van der Waals surface area contributed by atoms with Gasteiger partial charge in [0.2, 0.25) is 0 Å². The van der Waals surface area contributed by atoms with Crippen LogP contribution in [0.4, 0.5) is 0 Å². The van der Waals surface area contributed by atoms with Gasteiger partial charge in [0, 0.05) is 0 Å². The summed E-state index contributed by atoms with van der Waals surface area (Å²) in [5, 5.41) is 0.